The van der Waals surface area contributed by atoms with Gasteiger partial charge >= 0.3 is 6.18 Å². The number of halogens is 3. The molecular weight excluding hydrogens is 235 g/mol. The zero-order valence-corrected chi connectivity index (χ0v) is 9.26. The van der Waals surface area contributed by atoms with Gasteiger partial charge < -0.3 is 9.73 Å². The Morgan fingerprint density at radius 1 is 1.24 bits per heavy atom. The highest BCUT2D eigenvalue weighted by molar-refractivity contribution is 4.85. The summed E-state index contributed by atoms with van der Waals surface area (Å²) in [7, 11) is 0. The molecule has 2 rings (SSSR count). The maximum atomic E-state index is 12.0. The Labute approximate surface area is 96.6 Å². The number of rotatable bonds is 6. The molecule has 0 aliphatic heterocycles. The number of aromatic nitrogens is 2. The lowest BCUT2D eigenvalue weighted by Crippen LogP contribution is -2.17. The summed E-state index contributed by atoms with van der Waals surface area (Å²) in [5.74, 6) is -0.0792. The van der Waals surface area contributed by atoms with Crippen LogP contribution in [0.3, 0.4) is 0 Å². The van der Waals surface area contributed by atoms with Crippen LogP contribution in [0.4, 0.5) is 13.2 Å². The maximum Gasteiger partial charge on any atom is 0.397 e. The number of aryl methyl sites for hydroxylation is 1. The van der Waals surface area contributed by atoms with Crippen molar-refractivity contribution in [3.05, 3.63) is 11.8 Å². The molecule has 4 nitrogen and oxygen atoms in total. The summed E-state index contributed by atoms with van der Waals surface area (Å²) in [6, 6.07) is 0.637. The van der Waals surface area contributed by atoms with Crippen molar-refractivity contribution >= 4 is 0 Å². The number of nitrogens with one attached hydrogen (secondary N) is 1. The van der Waals surface area contributed by atoms with E-state index in [0.717, 1.165) is 13.0 Å². The zero-order valence-electron chi connectivity index (χ0n) is 9.26. The Bertz CT molecular complexity index is 360. The first kappa shape index (κ1) is 12.3. The van der Waals surface area contributed by atoms with Crippen LogP contribution in [0.15, 0.2) is 4.42 Å². The summed E-state index contributed by atoms with van der Waals surface area (Å²) >= 11 is 0. The Morgan fingerprint density at radius 3 is 2.59 bits per heavy atom. The van der Waals surface area contributed by atoms with E-state index in [9.17, 15) is 13.2 Å². The standard InChI is InChI=1S/C10H14F3N3O/c11-10(12,13)6-9-16-15-8(17-9)2-1-5-14-7-3-4-7/h7,14H,1-6H2. The van der Waals surface area contributed by atoms with E-state index in [1.807, 2.05) is 0 Å². The van der Waals surface area contributed by atoms with Gasteiger partial charge in [-0.15, -0.1) is 10.2 Å². The number of hydrogen-bond donors (Lipinski definition) is 1. The molecule has 96 valence electrons. The number of alkyl halides is 3. The van der Waals surface area contributed by atoms with Gasteiger partial charge in [-0.2, -0.15) is 13.2 Å². The monoisotopic (exact) mass is 249 g/mol. The molecule has 1 saturated carbocycles. The Balaban J connectivity index is 1.69. The van der Waals surface area contributed by atoms with Gasteiger partial charge in [0.15, 0.2) is 0 Å². The van der Waals surface area contributed by atoms with Gasteiger partial charge in [0, 0.05) is 12.5 Å². The van der Waals surface area contributed by atoms with Crippen molar-refractivity contribution < 1.29 is 17.6 Å². The highest BCUT2D eigenvalue weighted by Gasteiger charge is 2.30. The lowest BCUT2D eigenvalue weighted by atomic mass is 10.3. The topological polar surface area (TPSA) is 51.0 Å². The van der Waals surface area contributed by atoms with E-state index in [1.165, 1.54) is 12.8 Å². The molecule has 7 heteroatoms. The first-order chi connectivity index (χ1) is 8.03. The van der Waals surface area contributed by atoms with Gasteiger partial charge in [0.1, 0.15) is 6.42 Å². The second kappa shape index (κ2) is 5.03. The normalized spacial score (nSPS) is 16.4. The third kappa shape index (κ3) is 4.72. The van der Waals surface area contributed by atoms with Crippen LogP contribution >= 0.6 is 0 Å². The Hall–Kier alpha value is -1.11. The molecule has 0 amide bonds. The minimum atomic E-state index is -4.29. The zero-order chi connectivity index (χ0) is 12.3. The minimum absolute atomic E-state index is 0.279. The molecule has 1 aromatic rings. The summed E-state index contributed by atoms with van der Waals surface area (Å²) in [6.07, 6.45) is -1.70. The van der Waals surface area contributed by atoms with Crippen molar-refractivity contribution in [3.8, 4) is 0 Å². The summed E-state index contributed by atoms with van der Waals surface area (Å²) in [4.78, 5) is 0. The molecule has 0 radical (unpaired) electrons. The molecule has 0 aromatic carbocycles. The lowest BCUT2D eigenvalue weighted by Gasteiger charge is -2.01. The summed E-state index contributed by atoms with van der Waals surface area (Å²) in [5.41, 5.74) is 0. The predicted octanol–water partition coefficient (Wildman–Crippen LogP) is 1.86. The number of hydrogen-bond acceptors (Lipinski definition) is 4. The fourth-order valence-corrected chi connectivity index (χ4v) is 1.47. The molecule has 1 heterocycles. The largest absolute Gasteiger partial charge is 0.425 e. The molecule has 0 bridgehead atoms. The molecule has 0 unspecified atom stereocenters. The van der Waals surface area contributed by atoms with E-state index < -0.39 is 12.6 Å². The highest BCUT2D eigenvalue weighted by Crippen LogP contribution is 2.20. The van der Waals surface area contributed by atoms with Gasteiger partial charge in [-0.3, -0.25) is 0 Å². The van der Waals surface area contributed by atoms with Crippen LogP contribution in [0, 0.1) is 0 Å². The molecule has 0 atom stereocenters. The second-order valence-electron chi connectivity index (χ2n) is 4.21. The Morgan fingerprint density at radius 2 is 1.94 bits per heavy atom. The van der Waals surface area contributed by atoms with Crippen LogP contribution in [0.1, 0.15) is 31.0 Å². The maximum absolute atomic E-state index is 12.0. The van der Waals surface area contributed by atoms with Crippen LogP contribution in [0.2, 0.25) is 0 Å². The van der Waals surface area contributed by atoms with E-state index in [2.05, 4.69) is 15.5 Å². The third-order valence-corrected chi connectivity index (χ3v) is 2.44. The Kier molecular flexibility index (Phi) is 3.66. The second-order valence-corrected chi connectivity index (χ2v) is 4.21. The van der Waals surface area contributed by atoms with Gasteiger partial charge in [-0.25, -0.2) is 0 Å². The van der Waals surface area contributed by atoms with Crippen molar-refractivity contribution in [2.75, 3.05) is 6.54 Å². The lowest BCUT2D eigenvalue weighted by molar-refractivity contribution is -0.130. The summed E-state index contributed by atoms with van der Waals surface area (Å²) in [6.45, 7) is 0.835. The van der Waals surface area contributed by atoms with Crippen LogP contribution in [-0.2, 0) is 12.8 Å². The minimum Gasteiger partial charge on any atom is -0.425 e. The van der Waals surface area contributed by atoms with Gasteiger partial charge in [-0.05, 0) is 25.8 Å². The average molecular weight is 249 g/mol. The van der Waals surface area contributed by atoms with Gasteiger partial charge in [0.2, 0.25) is 11.8 Å². The van der Waals surface area contributed by atoms with Gasteiger partial charge in [-0.1, -0.05) is 0 Å². The van der Waals surface area contributed by atoms with Crippen molar-refractivity contribution in [1.29, 1.82) is 0 Å². The van der Waals surface area contributed by atoms with E-state index in [1.54, 1.807) is 0 Å². The van der Waals surface area contributed by atoms with E-state index in [0.29, 0.717) is 12.5 Å². The highest BCUT2D eigenvalue weighted by atomic mass is 19.4. The first-order valence-electron chi connectivity index (χ1n) is 5.64. The molecule has 1 N–H and O–H groups in total. The van der Waals surface area contributed by atoms with Crippen LogP contribution in [-0.4, -0.2) is 29.0 Å². The molecule has 17 heavy (non-hydrogen) atoms. The molecule has 1 aromatic heterocycles. The van der Waals surface area contributed by atoms with E-state index in [4.69, 9.17) is 4.42 Å². The van der Waals surface area contributed by atoms with Gasteiger partial charge in [0.05, 0.1) is 0 Å². The number of nitrogens with zero attached hydrogens (tertiary/aromatic N) is 2. The van der Waals surface area contributed by atoms with Crippen molar-refractivity contribution in [2.45, 2.75) is 44.3 Å². The third-order valence-electron chi connectivity index (χ3n) is 2.44. The fourth-order valence-electron chi connectivity index (χ4n) is 1.47. The summed E-state index contributed by atoms with van der Waals surface area (Å²) in [5, 5.41) is 10.3. The molecule has 1 aliphatic carbocycles. The first-order valence-corrected chi connectivity index (χ1v) is 5.64. The van der Waals surface area contributed by atoms with Crippen LogP contribution in [0.25, 0.3) is 0 Å². The molecule has 1 aliphatic rings. The van der Waals surface area contributed by atoms with E-state index in [-0.39, 0.29) is 11.8 Å². The van der Waals surface area contributed by atoms with Gasteiger partial charge in [0.25, 0.3) is 0 Å². The van der Waals surface area contributed by atoms with Crippen molar-refractivity contribution in [3.63, 3.8) is 0 Å². The van der Waals surface area contributed by atoms with Crippen LogP contribution < -0.4 is 5.32 Å². The molecule has 1 fully saturated rings. The van der Waals surface area contributed by atoms with Crippen molar-refractivity contribution in [1.82, 2.24) is 15.5 Å². The van der Waals surface area contributed by atoms with Crippen molar-refractivity contribution in [2.24, 2.45) is 0 Å². The predicted molar refractivity (Wildman–Crippen MR) is 53.4 cm³/mol. The smallest absolute Gasteiger partial charge is 0.397 e. The summed E-state index contributed by atoms with van der Waals surface area (Å²) < 4.78 is 41.0. The SMILES string of the molecule is FC(F)(F)Cc1nnc(CCCNC2CC2)o1. The van der Waals surface area contributed by atoms with Crippen LogP contribution in [0.5, 0.6) is 0 Å². The fraction of sp³-hybridized carbons (Fsp3) is 0.800. The molecular formula is C10H14F3N3O. The molecule has 0 spiro atoms. The quantitative estimate of drug-likeness (QED) is 0.782. The molecule has 0 saturated heterocycles. The van der Waals surface area contributed by atoms with E-state index >= 15 is 0 Å². The average Bonchev–Trinajstić information content (AvgIpc) is 2.93.